The topological polar surface area (TPSA) is 146 Å². The van der Waals surface area contributed by atoms with Gasteiger partial charge in [0.25, 0.3) is 0 Å². The molecular weight excluding hydrogens is 414 g/mol. The number of hydrogen-bond donors (Lipinski definition) is 6. The van der Waals surface area contributed by atoms with E-state index in [1.165, 1.54) is 12.4 Å². The van der Waals surface area contributed by atoms with E-state index in [2.05, 4.69) is 49.0 Å². The summed E-state index contributed by atoms with van der Waals surface area (Å²) < 4.78 is 0. The predicted molar refractivity (Wildman–Crippen MR) is 131 cm³/mol. The van der Waals surface area contributed by atoms with Gasteiger partial charge in [-0.1, -0.05) is 12.1 Å². The minimum Gasteiger partial charge on any atom is -0.405 e. The molecule has 0 aliphatic rings. The zero-order valence-corrected chi connectivity index (χ0v) is 17.7. The van der Waals surface area contributed by atoms with Crippen LogP contribution in [0.5, 0.6) is 0 Å². The lowest BCUT2D eigenvalue weighted by molar-refractivity contribution is 0.811. The summed E-state index contributed by atoms with van der Waals surface area (Å²) in [5.74, 6) is 1.36. The standard InChI is InChI=1S/C24H23N9/c25-7-5-19(12-26)28-14-20-9-15-1-2-16(11-22(15)30-20)24-27-8-6-23(32-24)31-18-3-4-21-17(10-18)13-29-33-21/h1-13,28,30H,14,25-26H2,(H,29,33)(H,27,31,32)/b7-5-,19-12+. The molecule has 0 amide bonds. The van der Waals surface area contributed by atoms with Crippen LogP contribution in [0.4, 0.5) is 11.5 Å². The second-order valence-corrected chi connectivity index (χ2v) is 7.49. The lowest BCUT2D eigenvalue weighted by Crippen LogP contribution is -2.13. The molecule has 0 radical (unpaired) electrons. The molecule has 0 aliphatic carbocycles. The van der Waals surface area contributed by atoms with E-state index in [0.29, 0.717) is 18.2 Å². The number of anilines is 2. The summed E-state index contributed by atoms with van der Waals surface area (Å²) in [4.78, 5) is 12.6. The zero-order valence-electron chi connectivity index (χ0n) is 17.7. The number of nitrogens with two attached hydrogens (primary N) is 2. The number of aromatic amines is 2. The molecule has 0 bridgehead atoms. The maximum Gasteiger partial charge on any atom is 0.161 e. The van der Waals surface area contributed by atoms with Crippen LogP contribution < -0.4 is 22.1 Å². The zero-order chi connectivity index (χ0) is 22.6. The number of H-pyrrole nitrogens is 2. The Balaban J connectivity index is 1.36. The molecule has 0 spiro atoms. The van der Waals surface area contributed by atoms with Gasteiger partial charge in [0.05, 0.1) is 24.0 Å². The maximum atomic E-state index is 5.60. The molecule has 0 saturated carbocycles. The van der Waals surface area contributed by atoms with Crippen molar-refractivity contribution < 1.29 is 0 Å². The largest absolute Gasteiger partial charge is 0.405 e. The minimum atomic E-state index is 0.592. The van der Waals surface area contributed by atoms with Gasteiger partial charge in [-0.3, -0.25) is 5.10 Å². The minimum absolute atomic E-state index is 0.592. The van der Waals surface area contributed by atoms with Crippen LogP contribution in [0.15, 0.2) is 85.1 Å². The molecule has 0 aliphatic heterocycles. The number of hydrogen-bond acceptors (Lipinski definition) is 7. The monoisotopic (exact) mass is 437 g/mol. The van der Waals surface area contributed by atoms with Gasteiger partial charge in [0, 0.05) is 40.2 Å². The van der Waals surface area contributed by atoms with E-state index in [0.717, 1.165) is 44.4 Å². The molecule has 5 rings (SSSR count). The van der Waals surface area contributed by atoms with Crippen LogP contribution in [0.3, 0.4) is 0 Å². The van der Waals surface area contributed by atoms with Crippen molar-refractivity contribution in [1.29, 1.82) is 0 Å². The SMILES string of the molecule is N/C=C\C(=C/N)NCc1cc2ccc(-c3nccc(Nc4ccc5[nH]ncc5c4)n3)cc2[nH]1. The summed E-state index contributed by atoms with van der Waals surface area (Å²) in [6.07, 6.45) is 8.19. The molecule has 164 valence electrons. The van der Waals surface area contributed by atoms with Crippen molar-refractivity contribution in [2.45, 2.75) is 6.54 Å². The van der Waals surface area contributed by atoms with Crippen molar-refractivity contribution in [3.8, 4) is 11.4 Å². The van der Waals surface area contributed by atoms with Crippen molar-refractivity contribution in [1.82, 2.24) is 30.5 Å². The van der Waals surface area contributed by atoms with Gasteiger partial charge >= 0.3 is 0 Å². The van der Waals surface area contributed by atoms with Gasteiger partial charge in [0.1, 0.15) is 5.82 Å². The second-order valence-electron chi connectivity index (χ2n) is 7.49. The summed E-state index contributed by atoms with van der Waals surface area (Å²) in [7, 11) is 0. The summed E-state index contributed by atoms with van der Waals surface area (Å²) in [6.45, 7) is 0.592. The number of nitrogens with zero attached hydrogens (tertiary/aromatic N) is 3. The molecular formula is C24H23N9. The van der Waals surface area contributed by atoms with Crippen LogP contribution >= 0.6 is 0 Å². The second kappa shape index (κ2) is 8.75. The van der Waals surface area contributed by atoms with Crippen molar-refractivity contribution >= 4 is 33.3 Å². The first-order chi connectivity index (χ1) is 16.2. The normalized spacial score (nSPS) is 12.1. The Bertz CT molecular complexity index is 1480. The molecule has 8 N–H and O–H groups in total. The molecule has 0 unspecified atom stereocenters. The Morgan fingerprint density at radius 1 is 1.00 bits per heavy atom. The van der Waals surface area contributed by atoms with E-state index in [1.807, 2.05) is 30.3 Å². The quantitative estimate of drug-likeness (QED) is 0.213. The number of benzene rings is 2. The fourth-order valence-corrected chi connectivity index (χ4v) is 3.63. The predicted octanol–water partition coefficient (Wildman–Crippen LogP) is 3.61. The van der Waals surface area contributed by atoms with Gasteiger partial charge in [-0.2, -0.15) is 5.10 Å². The average Bonchev–Trinajstić information content (AvgIpc) is 3.47. The third-order valence-electron chi connectivity index (χ3n) is 5.24. The summed E-state index contributed by atoms with van der Waals surface area (Å²) in [5.41, 5.74) is 16.7. The van der Waals surface area contributed by atoms with E-state index in [1.54, 1.807) is 18.5 Å². The Labute approximate surface area is 189 Å². The van der Waals surface area contributed by atoms with Crippen LogP contribution in [0.1, 0.15) is 5.69 Å². The molecule has 0 saturated heterocycles. The molecule has 0 atom stereocenters. The van der Waals surface area contributed by atoms with E-state index in [-0.39, 0.29) is 0 Å². The molecule has 9 heteroatoms. The highest BCUT2D eigenvalue weighted by molar-refractivity contribution is 5.85. The van der Waals surface area contributed by atoms with Crippen LogP contribution in [-0.4, -0.2) is 25.1 Å². The fourth-order valence-electron chi connectivity index (χ4n) is 3.63. The molecule has 0 fully saturated rings. The molecule has 5 aromatic rings. The van der Waals surface area contributed by atoms with Gasteiger partial charge in [-0.25, -0.2) is 9.97 Å². The Kier molecular flexibility index (Phi) is 5.34. The van der Waals surface area contributed by atoms with Crippen molar-refractivity contribution in [3.63, 3.8) is 0 Å². The number of nitrogens with one attached hydrogen (secondary N) is 4. The summed E-state index contributed by atoms with van der Waals surface area (Å²) in [6, 6.07) is 16.1. The van der Waals surface area contributed by atoms with Crippen molar-refractivity contribution in [2.75, 3.05) is 5.32 Å². The van der Waals surface area contributed by atoms with Crippen molar-refractivity contribution in [2.24, 2.45) is 11.5 Å². The van der Waals surface area contributed by atoms with E-state index < -0.39 is 0 Å². The highest BCUT2D eigenvalue weighted by Crippen LogP contribution is 2.25. The smallest absolute Gasteiger partial charge is 0.161 e. The lowest BCUT2D eigenvalue weighted by Gasteiger charge is -2.07. The van der Waals surface area contributed by atoms with Gasteiger partial charge in [0.15, 0.2) is 5.82 Å². The summed E-state index contributed by atoms with van der Waals surface area (Å²) >= 11 is 0. The molecule has 3 aromatic heterocycles. The molecule has 9 nitrogen and oxygen atoms in total. The third kappa shape index (κ3) is 4.33. The third-order valence-corrected chi connectivity index (χ3v) is 5.24. The Morgan fingerprint density at radius 3 is 2.82 bits per heavy atom. The van der Waals surface area contributed by atoms with Crippen LogP contribution in [0.25, 0.3) is 33.2 Å². The van der Waals surface area contributed by atoms with E-state index in [9.17, 15) is 0 Å². The van der Waals surface area contributed by atoms with Crippen LogP contribution in [-0.2, 0) is 6.54 Å². The highest BCUT2D eigenvalue weighted by Gasteiger charge is 2.08. The first kappa shape index (κ1) is 20.1. The van der Waals surface area contributed by atoms with Gasteiger partial charge in [0.2, 0.25) is 0 Å². The highest BCUT2D eigenvalue weighted by atomic mass is 15.1. The fraction of sp³-hybridized carbons (Fsp3) is 0.0417. The van der Waals surface area contributed by atoms with Crippen molar-refractivity contribution in [3.05, 3.63) is 90.8 Å². The number of rotatable bonds is 7. The molecule has 33 heavy (non-hydrogen) atoms. The average molecular weight is 438 g/mol. The maximum absolute atomic E-state index is 5.60. The van der Waals surface area contributed by atoms with Gasteiger partial charge in [-0.15, -0.1) is 0 Å². The number of fused-ring (bicyclic) bond motifs is 2. The van der Waals surface area contributed by atoms with Crippen LogP contribution in [0.2, 0.25) is 0 Å². The molecule has 3 heterocycles. The number of allylic oxidation sites excluding steroid dienone is 1. The van der Waals surface area contributed by atoms with Gasteiger partial charge in [-0.05, 0) is 54.1 Å². The first-order valence-electron chi connectivity index (χ1n) is 10.4. The van der Waals surface area contributed by atoms with E-state index >= 15 is 0 Å². The Morgan fingerprint density at radius 2 is 1.94 bits per heavy atom. The van der Waals surface area contributed by atoms with Gasteiger partial charge < -0.3 is 27.1 Å². The lowest BCUT2D eigenvalue weighted by atomic mass is 10.1. The summed E-state index contributed by atoms with van der Waals surface area (Å²) in [5, 5.41) is 15.7. The molecule has 2 aromatic carbocycles. The Hall–Kier alpha value is -4.79. The first-order valence-corrected chi connectivity index (χ1v) is 10.4. The van der Waals surface area contributed by atoms with E-state index in [4.69, 9.17) is 16.5 Å². The van der Waals surface area contributed by atoms with Crippen LogP contribution in [0, 0.1) is 0 Å². The number of aromatic nitrogens is 5.